The summed E-state index contributed by atoms with van der Waals surface area (Å²) in [6, 6.07) is 8.61. The Morgan fingerprint density at radius 2 is 1.88 bits per heavy atom. The fourth-order valence-electron chi connectivity index (χ4n) is 1.62. The van der Waals surface area contributed by atoms with Crippen LogP contribution >= 0.6 is 11.8 Å². The van der Waals surface area contributed by atoms with Crippen LogP contribution in [-0.2, 0) is 10.2 Å². The van der Waals surface area contributed by atoms with Crippen LogP contribution in [0.2, 0.25) is 0 Å². The summed E-state index contributed by atoms with van der Waals surface area (Å²) in [7, 11) is 0. The van der Waals surface area contributed by atoms with Crippen molar-refractivity contribution in [1.29, 1.82) is 0 Å². The van der Waals surface area contributed by atoms with Gasteiger partial charge in [0.1, 0.15) is 0 Å². The van der Waals surface area contributed by atoms with Crippen LogP contribution in [0.5, 0.6) is 0 Å². The van der Waals surface area contributed by atoms with Crippen LogP contribution in [0.4, 0.5) is 0 Å². The molecule has 0 saturated carbocycles. The number of rotatable bonds is 5. The maximum absolute atomic E-state index is 10.9. The summed E-state index contributed by atoms with van der Waals surface area (Å²) in [6.07, 6.45) is 0. The average molecular weight is 251 g/mol. The highest BCUT2D eigenvalue weighted by Crippen LogP contribution is 2.25. The second-order valence-electron chi connectivity index (χ2n) is 4.75. The molecule has 0 spiro atoms. The van der Waals surface area contributed by atoms with E-state index in [0.717, 1.165) is 5.75 Å². The maximum atomic E-state index is 10.9. The van der Waals surface area contributed by atoms with Crippen molar-refractivity contribution in [2.24, 2.45) is 0 Å². The van der Waals surface area contributed by atoms with Crippen LogP contribution in [0.3, 0.4) is 0 Å². The van der Waals surface area contributed by atoms with E-state index in [-0.39, 0.29) is 11.3 Å². The van der Waals surface area contributed by atoms with Gasteiger partial charge >= 0.3 is 0 Å². The molecule has 3 heteroatoms. The molecule has 1 aromatic carbocycles. The van der Waals surface area contributed by atoms with E-state index in [2.05, 4.69) is 50.4 Å². The van der Waals surface area contributed by atoms with Gasteiger partial charge in [-0.05, 0) is 23.4 Å². The van der Waals surface area contributed by atoms with Gasteiger partial charge in [0.2, 0.25) is 5.91 Å². The van der Waals surface area contributed by atoms with Crippen LogP contribution in [-0.4, -0.2) is 18.2 Å². The summed E-state index contributed by atoms with van der Waals surface area (Å²) in [5, 5.41) is 2.88. The van der Waals surface area contributed by atoms with Crippen molar-refractivity contribution in [3.8, 4) is 0 Å². The van der Waals surface area contributed by atoms with Crippen LogP contribution in [0.15, 0.2) is 29.2 Å². The summed E-state index contributed by atoms with van der Waals surface area (Å²) in [6.45, 7) is 8.66. The van der Waals surface area contributed by atoms with E-state index in [1.807, 2.05) is 11.8 Å². The summed E-state index contributed by atoms with van der Waals surface area (Å²) in [5.41, 5.74) is 1.23. The van der Waals surface area contributed by atoms with Crippen molar-refractivity contribution < 1.29 is 4.79 Å². The molecule has 1 N–H and O–H groups in total. The second kappa shape index (κ2) is 6.10. The van der Waals surface area contributed by atoms with E-state index in [9.17, 15) is 4.79 Å². The van der Waals surface area contributed by atoms with Crippen LogP contribution in [0.25, 0.3) is 0 Å². The van der Waals surface area contributed by atoms with Crippen LogP contribution in [0.1, 0.15) is 33.3 Å². The fraction of sp³-hybridized carbons (Fsp3) is 0.500. The van der Waals surface area contributed by atoms with Gasteiger partial charge in [0.25, 0.3) is 0 Å². The Labute approximate surface area is 108 Å². The lowest BCUT2D eigenvalue weighted by molar-refractivity contribution is -0.119. The molecule has 0 aliphatic heterocycles. The lowest BCUT2D eigenvalue weighted by atomic mass is 9.84. The molecule has 0 aromatic heterocycles. The van der Waals surface area contributed by atoms with E-state index in [4.69, 9.17) is 0 Å². The molecule has 1 aromatic rings. The third-order valence-corrected chi connectivity index (χ3v) is 3.62. The zero-order valence-corrected chi connectivity index (χ0v) is 11.9. The molecule has 94 valence electrons. The quantitative estimate of drug-likeness (QED) is 0.814. The minimum Gasteiger partial charge on any atom is -0.355 e. The average Bonchev–Trinajstić information content (AvgIpc) is 2.28. The Balaban J connectivity index is 2.73. The SMILES string of the molecule is CCSc1ccc(C(C)(C)CNC(C)=O)cc1. The highest BCUT2D eigenvalue weighted by molar-refractivity contribution is 7.99. The number of amides is 1. The van der Waals surface area contributed by atoms with Gasteiger partial charge in [-0.15, -0.1) is 11.8 Å². The van der Waals surface area contributed by atoms with Crippen molar-refractivity contribution in [3.05, 3.63) is 29.8 Å². The zero-order chi connectivity index (χ0) is 12.9. The maximum Gasteiger partial charge on any atom is 0.216 e. The van der Waals surface area contributed by atoms with Crippen molar-refractivity contribution in [3.63, 3.8) is 0 Å². The molecule has 0 bridgehead atoms. The number of nitrogens with one attached hydrogen (secondary N) is 1. The van der Waals surface area contributed by atoms with Gasteiger partial charge in [-0.2, -0.15) is 0 Å². The highest BCUT2D eigenvalue weighted by atomic mass is 32.2. The molecule has 0 aliphatic carbocycles. The van der Waals surface area contributed by atoms with E-state index in [0.29, 0.717) is 6.54 Å². The molecule has 0 heterocycles. The molecule has 0 unspecified atom stereocenters. The summed E-state index contributed by atoms with van der Waals surface area (Å²) in [4.78, 5) is 12.2. The highest BCUT2D eigenvalue weighted by Gasteiger charge is 2.20. The first-order chi connectivity index (χ1) is 7.95. The molecule has 2 nitrogen and oxygen atoms in total. The van der Waals surface area contributed by atoms with Gasteiger partial charge in [-0.3, -0.25) is 4.79 Å². The Bertz CT molecular complexity index is 370. The lowest BCUT2D eigenvalue weighted by Gasteiger charge is -2.25. The number of hydrogen-bond donors (Lipinski definition) is 1. The Hall–Kier alpha value is -0.960. The standard InChI is InChI=1S/C14H21NOS/c1-5-17-13-8-6-12(7-9-13)14(3,4)10-15-11(2)16/h6-9H,5,10H2,1-4H3,(H,15,16). The fourth-order valence-corrected chi connectivity index (χ4v) is 2.28. The summed E-state index contributed by atoms with van der Waals surface area (Å²) >= 11 is 1.84. The molecule has 17 heavy (non-hydrogen) atoms. The molecule has 0 atom stereocenters. The molecule has 0 saturated heterocycles. The van der Waals surface area contributed by atoms with E-state index in [1.165, 1.54) is 10.5 Å². The summed E-state index contributed by atoms with van der Waals surface area (Å²) in [5.74, 6) is 1.12. The number of thioether (sulfide) groups is 1. The predicted octanol–water partition coefficient (Wildman–Crippen LogP) is 3.21. The predicted molar refractivity (Wildman–Crippen MR) is 74.5 cm³/mol. The van der Waals surface area contributed by atoms with Gasteiger partial charge in [-0.1, -0.05) is 32.9 Å². The number of carbonyl (C=O) groups is 1. The van der Waals surface area contributed by atoms with E-state index < -0.39 is 0 Å². The molecular formula is C14H21NOS. The van der Waals surface area contributed by atoms with Crippen molar-refractivity contribution in [2.45, 2.75) is 38.0 Å². The minimum atomic E-state index is -0.0267. The molecule has 1 rings (SSSR count). The normalized spacial score (nSPS) is 11.3. The molecule has 0 aliphatic rings. The third kappa shape index (κ3) is 4.43. The van der Waals surface area contributed by atoms with Crippen LogP contribution < -0.4 is 5.32 Å². The van der Waals surface area contributed by atoms with Crippen molar-refractivity contribution in [2.75, 3.05) is 12.3 Å². The van der Waals surface area contributed by atoms with Gasteiger partial charge in [-0.25, -0.2) is 0 Å². The molecular weight excluding hydrogens is 230 g/mol. The Morgan fingerprint density at radius 3 is 2.35 bits per heavy atom. The Morgan fingerprint density at radius 1 is 1.29 bits per heavy atom. The number of hydrogen-bond acceptors (Lipinski definition) is 2. The van der Waals surface area contributed by atoms with Gasteiger partial charge in [0.05, 0.1) is 0 Å². The van der Waals surface area contributed by atoms with Gasteiger partial charge in [0.15, 0.2) is 0 Å². The van der Waals surface area contributed by atoms with Crippen molar-refractivity contribution in [1.82, 2.24) is 5.32 Å². The third-order valence-electron chi connectivity index (χ3n) is 2.73. The first kappa shape index (κ1) is 14.1. The summed E-state index contributed by atoms with van der Waals surface area (Å²) < 4.78 is 0. The van der Waals surface area contributed by atoms with Gasteiger partial charge in [0, 0.05) is 23.8 Å². The lowest BCUT2D eigenvalue weighted by Crippen LogP contribution is -2.35. The number of carbonyl (C=O) groups excluding carboxylic acids is 1. The topological polar surface area (TPSA) is 29.1 Å². The van der Waals surface area contributed by atoms with Crippen LogP contribution in [0, 0.1) is 0 Å². The molecule has 1 amide bonds. The number of benzene rings is 1. The second-order valence-corrected chi connectivity index (χ2v) is 6.09. The first-order valence-electron chi connectivity index (χ1n) is 5.93. The Kier molecular flexibility index (Phi) is 5.06. The molecule has 0 radical (unpaired) electrons. The monoisotopic (exact) mass is 251 g/mol. The minimum absolute atomic E-state index is 0.0243. The molecule has 0 fully saturated rings. The van der Waals surface area contributed by atoms with Crippen molar-refractivity contribution >= 4 is 17.7 Å². The smallest absolute Gasteiger partial charge is 0.216 e. The van der Waals surface area contributed by atoms with Gasteiger partial charge < -0.3 is 5.32 Å². The largest absolute Gasteiger partial charge is 0.355 e. The zero-order valence-electron chi connectivity index (χ0n) is 11.0. The first-order valence-corrected chi connectivity index (χ1v) is 6.92. The van der Waals surface area contributed by atoms with E-state index >= 15 is 0 Å². The van der Waals surface area contributed by atoms with E-state index in [1.54, 1.807) is 6.92 Å².